The number of fused-ring (bicyclic) bond motifs is 1. The van der Waals surface area contributed by atoms with Crippen LogP contribution in [-0.2, 0) is 6.42 Å². The fraction of sp³-hybridized carbons (Fsp3) is 0.588. The van der Waals surface area contributed by atoms with E-state index in [-0.39, 0.29) is 24.0 Å². The van der Waals surface area contributed by atoms with Gasteiger partial charge >= 0.3 is 0 Å². The fourth-order valence-electron chi connectivity index (χ4n) is 3.36. The minimum atomic E-state index is 0. The van der Waals surface area contributed by atoms with Crippen molar-refractivity contribution < 1.29 is 0 Å². The second-order valence-corrected chi connectivity index (χ2v) is 5.91. The van der Waals surface area contributed by atoms with Crippen molar-refractivity contribution in [3.05, 3.63) is 29.8 Å². The molecule has 5 heteroatoms. The van der Waals surface area contributed by atoms with Crippen LogP contribution in [0.2, 0.25) is 0 Å². The van der Waals surface area contributed by atoms with Gasteiger partial charge in [-0.1, -0.05) is 18.2 Å². The number of nitrogens with zero attached hydrogens (tertiary/aromatic N) is 3. The first kappa shape index (κ1) is 17.5. The van der Waals surface area contributed by atoms with E-state index in [0.717, 1.165) is 25.5 Å². The van der Waals surface area contributed by atoms with E-state index >= 15 is 0 Å². The first-order valence-electron chi connectivity index (χ1n) is 8.17. The van der Waals surface area contributed by atoms with Crippen molar-refractivity contribution in [2.45, 2.75) is 25.7 Å². The van der Waals surface area contributed by atoms with Crippen LogP contribution in [0, 0.1) is 0 Å². The molecule has 1 aromatic rings. The van der Waals surface area contributed by atoms with E-state index in [1.807, 2.05) is 7.05 Å². The molecule has 0 radical (unpaired) electrons. The molecule has 0 bridgehead atoms. The molecular formula is C17H27IN4. The Bertz CT molecular complexity index is 497. The van der Waals surface area contributed by atoms with Crippen molar-refractivity contribution in [2.24, 2.45) is 4.99 Å². The number of nitrogens with one attached hydrogen (secondary N) is 1. The van der Waals surface area contributed by atoms with Crippen LogP contribution >= 0.6 is 24.0 Å². The van der Waals surface area contributed by atoms with Crippen molar-refractivity contribution in [3.8, 4) is 0 Å². The fourth-order valence-corrected chi connectivity index (χ4v) is 3.36. The zero-order chi connectivity index (χ0) is 14.5. The van der Waals surface area contributed by atoms with Gasteiger partial charge < -0.3 is 15.1 Å². The highest BCUT2D eigenvalue weighted by Gasteiger charge is 2.22. The average Bonchev–Trinajstić information content (AvgIpc) is 3.17. The Morgan fingerprint density at radius 1 is 1.18 bits per heavy atom. The van der Waals surface area contributed by atoms with E-state index in [1.165, 1.54) is 50.1 Å². The lowest BCUT2D eigenvalue weighted by molar-refractivity contribution is 0.334. The SMILES string of the molecule is CN=C(NCCCN1CCCC1)N1CCc2ccccc21.I. The van der Waals surface area contributed by atoms with Gasteiger partial charge in [0.1, 0.15) is 0 Å². The monoisotopic (exact) mass is 414 g/mol. The first-order chi connectivity index (χ1) is 10.4. The first-order valence-corrected chi connectivity index (χ1v) is 8.17. The van der Waals surface area contributed by atoms with Crippen molar-refractivity contribution in [1.29, 1.82) is 0 Å². The van der Waals surface area contributed by atoms with E-state index in [0.29, 0.717) is 0 Å². The second kappa shape index (κ2) is 8.72. The molecule has 4 nitrogen and oxygen atoms in total. The number of hydrogen-bond donors (Lipinski definition) is 1. The molecule has 0 saturated carbocycles. The van der Waals surface area contributed by atoms with Crippen LogP contribution in [-0.4, -0.2) is 50.6 Å². The predicted molar refractivity (Wildman–Crippen MR) is 105 cm³/mol. The van der Waals surface area contributed by atoms with E-state index in [9.17, 15) is 0 Å². The molecule has 1 saturated heterocycles. The summed E-state index contributed by atoms with van der Waals surface area (Å²) in [7, 11) is 1.88. The van der Waals surface area contributed by atoms with Crippen LogP contribution in [0.4, 0.5) is 5.69 Å². The normalized spacial score (nSPS) is 18.2. The van der Waals surface area contributed by atoms with Crippen molar-refractivity contribution >= 4 is 35.6 Å². The number of anilines is 1. The molecule has 1 aromatic carbocycles. The third-order valence-electron chi connectivity index (χ3n) is 4.49. The third-order valence-corrected chi connectivity index (χ3v) is 4.49. The molecule has 22 heavy (non-hydrogen) atoms. The number of likely N-dealkylation sites (tertiary alicyclic amines) is 1. The van der Waals surface area contributed by atoms with Gasteiger partial charge in [0.2, 0.25) is 0 Å². The lowest BCUT2D eigenvalue weighted by atomic mass is 10.2. The number of para-hydroxylation sites is 1. The predicted octanol–water partition coefficient (Wildman–Crippen LogP) is 2.73. The Morgan fingerprint density at radius 3 is 2.73 bits per heavy atom. The summed E-state index contributed by atoms with van der Waals surface area (Å²) in [5, 5.41) is 3.53. The van der Waals surface area contributed by atoms with Crippen molar-refractivity contribution in [2.75, 3.05) is 44.7 Å². The lowest BCUT2D eigenvalue weighted by Crippen LogP contribution is -2.41. The largest absolute Gasteiger partial charge is 0.356 e. The molecule has 0 unspecified atom stereocenters. The summed E-state index contributed by atoms with van der Waals surface area (Å²) in [6, 6.07) is 8.64. The summed E-state index contributed by atoms with van der Waals surface area (Å²) in [6.07, 6.45) is 5.05. The van der Waals surface area contributed by atoms with Crippen LogP contribution in [0.15, 0.2) is 29.3 Å². The Labute approximate surface area is 151 Å². The molecule has 0 aromatic heterocycles. The van der Waals surface area contributed by atoms with Crippen LogP contribution in [0.3, 0.4) is 0 Å². The van der Waals surface area contributed by atoms with Gasteiger partial charge in [0.05, 0.1) is 0 Å². The van der Waals surface area contributed by atoms with Gasteiger partial charge in [-0.05, 0) is 56.9 Å². The van der Waals surface area contributed by atoms with Gasteiger partial charge in [0.15, 0.2) is 5.96 Å². The molecule has 1 fully saturated rings. The Kier molecular flexibility index (Phi) is 6.95. The quantitative estimate of drug-likeness (QED) is 0.356. The van der Waals surface area contributed by atoms with Gasteiger partial charge in [0, 0.05) is 25.8 Å². The van der Waals surface area contributed by atoms with Gasteiger partial charge in [-0.2, -0.15) is 0 Å². The minimum Gasteiger partial charge on any atom is -0.356 e. The molecular weight excluding hydrogens is 387 g/mol. The second-order valence-electron chi connectivity index (χ2n) is 5.91. The molecule has 3 rings (SSSR count). The lowest BCUT2D eigenvalue weighted by Gasteiger charge is -2.23. The molecule has 0 atom stereocenters. The van der Waals surface area contributed by atoms with Crippen molar-refractivity contribution in [3.63, 3.8) is 0 Å². The minimum absolute atomic E-state index is 0. The maximum atomic E-state index is 4.46. The third kappa shape index (κ3) is 4.13. The van der Waals surface area contributed by atoms with Crippen LogP contribution in [0.25, 0.3) is 0 Å². The van der Waals surface area contributed by atoms with E-state index in [4.69, 9.17) is 0 Å². The topological polar surface area (TPSA) is 30.9 Å². The zero-order valence-corrected chi connectivity index (χ0v) is 15.8. The number of rotatable bonds is 4. The Morgan fingerprint density at radius 2 is 1.95 bits per heavy atom. The van der Waals surface area contributed by atoms with E-state index in [2.05, 4.69) is 44.4 Å². The van der Waals surface area contributed by atoms with E-state index in [1.54, 1.807) is 0 Å². The summed E-state index contributed by atoms with van der Waals surface area (Å²) in [5.41, 5.74) is 2.74. The number of benzene rings is 1. The Balaban J connectivity index is 0.00000176. The molecule has 0 spiro atoms. The molecule has 2 heterocycles. The summed E-state index contributed by atoms with van der Waals surface area (Å²) in [6.45, 7) is 5.82. The van der Waals surface area contributed by atoms with E-state index < -0.39 is 0 Å². The highest BCUT2D eigenvalue weighted by Crippen LogP contribution is 2.27. The maximum Gasteiger partial charge on any atom is 0.198 e. The molecule has 2 aliphatic heterocycles. The average molecular weight is 414 g/mol. The number of guanidine groups is 1. The van der Waals surface area contributed by atoms with Crippen LogP contribution < -0.4 is 10.2 Å². The highest BCUT2D eigenvalue weighted by atomic mass is 127. The summed E-state index contributed by atoms with van der Waals surface area (Å²) in [4.78, 5) is 9.33. The molecule has 122 valence electrons. The summed E-state index contributed by atoms with van der Waals surface area (Å²) < 4.78 is 0. The highest BCUT2D eigenvalue weighted by molar-refractivity contribution is 14.0. The summed E-state index contributed by atoms with van der Waals surface area (Å²) in [5.74, 6) is 1.02. The zero-order valence-electron chi connectivity index (χ0n) is 13.4. The van der Waals surface area contributed by atoms with Crippen molar-refractivity contribution in [1.82, 2.24) is 10.2 Å². The Hall–Kier alpha value is -0.820. The molecule has 0 amide bonds. The molecule has 2 aliphatic rings. The maximum absolute atomic E-state index is 4.46. The number of aliphatic imine (C=N–C) groups is 1. The van der Waals surface area contributed by atoms with Gasteiger partial charge in [-0.15, -0.1) is 24.0 Å². The van der Waals surface area contributed by atoms with Gasteiger partial charge in [-0.25, -0.2) is 0 Å². The number of hydrogen-bond acceptors (Lipinski definition) is 2. The standard InChI is InChI=1S/C17H26N4.HI/c1-18-17(19-10-6-13-20-11-4-5-12-20)21-14-9-15-7-2-3-8-16(15)21;/h2-3,7-8H,4-6,9-14H2,1H3,(H,18,19);1H. The molecule has 1 N–H and O–H groups in total. The smallest absolute Gasteiger partial charge is 0.198 e. The van der Waals surface area contributed by atoms with Gasteiger partial charge in [-0.3, -0.25) is 4.99 Å². The van der Waals surface area contributed by atoms with Crippen LogP contribution in [0.5, 0.6) is 0 Å². The number of halogens is 1. The molecule has 0 aliphatic carbocycles. The summed E-state index contributed by atoms with van der Waals surface area (Å²) >= 11 is 0. The van der Waals surface area contributed by atoms with Crippen LogP contribution in [0.1, 0.15) is 24.8 Å². The van der Waals surface area contributed by atoms with Gasteiger partial charge in [0.25, 0.3) is 0 Å².